The van der Waals surface area contributed by atoms with E-state index >= 15 is 0 Å². The smallest absolute Gasteiger partial charge is 0 e. The van der Waals surface area contributed by atoms with Crippen LogP contribution in [0.25, 0.3) is 0 Å². The Bertz CT molecular complexity index is 6.85. The molecule has 0 saturated heterocycles. The van der Waals surface area contributed by atoms with Crippen LogP contribution in [0.15, 0.2) is 0 Å². The van der Waals surface area contributed by atoms with Gasteiger partial charge in [0.05, 0.1) is 0 Å². The molecule has 0 radical (unpaired) electrons. The first kappa shape index (κ1) is 90.8. The van der Waals surface area contributed by atoms with Crippen LogP contribution < -0.4 is 0 Å². The molecule has 0 N–H and O–H groups in total. The molecule has 0 amide bonds. The Morgan fingerprint density at radius 3 is 0.600 bits per heavy atom. The molecular weight excluding hydrogens is 173 g/mol. The van der Waals surface area contributed by atoms with Gasteiger partial charge in [0, 0.05) is 17.1 Å². The molecular formula is H7BCl3Fe-. The third-order valence-electron chi connectivity index (χ3n) is 0. The Balaban J connectivity index is 0. The van der Waals surface area contributed by atoms with Gasteiger partial charge in [-0.1, -0.05) is 8.41 Å². The van der Waals surface area contributed by atoms with Gasteiger partial charge in [-0.3, -0.25) is 0 Å². The first-order valence-corrected chi connectivity index (χ1v) is 0. The van der Waals surface area contributed by atoms with Crippen molar-refractivity contribution >= 4 is 45.6 Å². The number of hydrogen-bond acceptors (Lipinski definition) is 0. The zero-order valence-electron chi connectivity index (χ0n) is 1.58. The molecule has 5 heteroatoms. The normalized spacial score (nSPS) is 0. The van der Waals surface area contributed by atoms with E-state index in [2.05, 4.69) is 0 Å². The minimum Gasteiger partial charge on any atom is -0.147 e. The predicted octanol–water partition coefficient (Wildman–Crippen LogP) is -0.189. The molecule has 0 atom stereocenters. The summed E-state index contributed by atoms with van der Waals surface area (Å²) in [6.45, 7) is 0. The minimum absolute atomic E-state index is 0. The fraction of sp³-hybridized carbons (Fsp3) is 0. The van der Waals surface area contributed by atoms with Gasteiger partial charge in [0.2, 0.25) is 0 Å². The zero-order chi connectivity index (χ0) is 0. The van der Waals surface area contributed by atoms with Gasteiger partial charge in [0.25, 0.3) is 0 Å². The van der Waals surface area contributed by atoms with Crippen LogP contribution in [0.2, 0.25) is 0 Å². The van der Waals surface area contributed by atoms with Crippen LogP contribution in [0.4, 0.5) is 0 Å². The summed E-state index contributed by atoms with van der Waals surface area (Å²) >= 11 is 0. The van der Waals surface area contributed by atoms with Crippen LogP contribution in [0.3, 0.4) is 0 Å². The molecule has 0 nitrogen and oxygen atoms in total. The van der Waals surface area contributed by atoms with Crippen molar-refractivity contribution in [2.24, 2.45) is 0 Å². The van der Waals surface area contributed by atoms with Gasteiger partial charge in [0.1, 0.15) is 0 Å². The molecule has 40 valence electrons. The molecule has 0 saturated carbocycles. The molecule has 0 fully saturated rings. The monoisotopic (exact) mass is 179 g/mol. The Hall–Kier alpha value is 1.45. The van der Waals surface area contributed by atoms with E-state index in [1.807, 2.05) is 0 Å². The predicted molar refractivity (Wildman–Crippen MR) is 33.1 cm³/mol. The Morgan fingerprint density at radius 2 is 0.600 bits per heavy atom. The second-order valence-electron chi connectivity index (χ2n) is 0. The van der Waals surface area contributed by atoms with Crippen molar-refractivity contribution in [3.63, 3.8) is 0 Å². The summed E-state index contributed by atoms with van der Waals surface area (Å²) in [4.78, 5) is 0. The van der Waals surface area contributed by atoms with Crippen LogP contribution in [0.5, 0.6) is 0 Å². The molecule has 0 aromatic heterocycles. The number of hydrogen-bond donors (Lipinski definition) is 0. The molecule has 0 bridgehead atoms. The molecule has 0 aliphatic rings. The molecule has 0 unspecified atom stereocenters. The summed E-state index contributed by atoms with van der Waals surface area (Å²) in [6.07, 6.45) is 0. The van der Waals surface area contributed by atoms with Gasteiger partial charge in [-0.2, -0.15) is 0 Å². The van der Waals surface area contributed by atoms with Crippen LogP contribution in [-0.4, -0.2) is 8.41 Å². The first-order valence-electron chi connectivity index (χ1n) is 0. The maximum absolute atomic E-state index is 0. The van der Waals surface area contributed by atoms with E-state index in [0.717, 1.165) is 0 Å². The molecule has 5 heavy (non-hydrogen) atoms. The topological polar surface area (TPSA) is 0 Å². The summed E-state index contributed by atoms with van der Waals surface area (Å²) in [7, 11) is 0. The van der Waals surface area contributed by atoms with Gasteiger partial charge in [-0.15, -0.1) is 37.2 Å². The zero-order valence-corrected chi connectivity index (χ0v) is 5.13. The van der Waals surface area contributed by atoms with E-state index in [0.29, 0.717) is 0 Å². The summed E-state index contributed by atoms with van der Waals surface area (Å²) in [5.74, 6) is 0. The summed E-state index contributed by atoms with van der Waals surface area (Å²) in [6, 6.07) is 0. The fourth-order valence-electron chi connectivity index (χ4n) is 0. The molecule has 0 aromatic carbocycles. The van der Waals surface area contributed by atoms with Crippen LogP contribution >= 0.6 is 37.2 Å². The van der Waals surface area contributed by atoms with Crippen LogP contribution in [0, 0.1) is 0 Å². The van der Waals surface area contributed by atoms with Crippen LogP contribution in [0.1, 0.15) is 0 Å². The summed E-state index contributed by atoms with van der Waals surface area (Å²) in [5.41, 5.74) is 0. The molecule has 0 aliphatic carbocycles. The number of rotatable bonds is 0. The first-order chi connectivity index (χ1) is 0. The minimum atomic E-state index is 0. The third-order valence-corrected chi connectivity index (χ3v) is 0. The van der Waals surface area contributed by atoms with Gasteiger partial charge < -0.3 is 0 Å². The SMILES string of the molecule is Cl.Cl.Cl.[BH4-].[Fe]. The molecule has 0 rings (SSSR count). The van der Waals surface area contributed by atoms with Crippen molar-refractivity contribution < 1.29 is 17.1 Å². The number of halogens is 3. The average molecular weight is 180 g/mol. The molecule has 0 aromatic rings. The van der Waals surface area contributed by atoms with E-state index in [4.69, 9.17) is 0 Å². The standard InChI is InChI=1S/BH4.3ClH.Fe/h1H4;3*1H;/q-1;;;;. The Kier molecular flexibility index (Phi) is 929. The van der Waals surface area contributed by atoms with Crippen molar-refractivity contribution in [1.82, 2.24) is 0 Å². The van der Waals surface area contributed by atoms with Crippen molar-refractivity contribution in [1.29, 1.82) is 0 Å². The van der Waals surface area contributed by atoms with E-state index in [-0.39, 0.29) is 62.7 Å². The van der Waals surface area contributed by atoms with Gasteiger partial charge in [0.15, 0.2) is 0 Å². The quantitative estimate of drug-likeness (QED) is 0.453. The van der Waals surface area contributed by atoms with E-state index in [1.54, 1.807) is 0 Å². The Morgan fingerprint density at radius 1 is 0.600 bits per heavy atom. The van der Waals surface area contributed by atoms with Crippen molar-refractivity contribution in [3.05, 3.63) is 0 Å². The third kappa shape index (κ3) is 30.8. The maximum Gasteiger partial charge on any atom is 0 e. The fourth-order valence-corrected chi connectivity index (χ4v) is 0. The van der Waals surface area contributed by atoms with E-state index in [1.165, 1.54) is 0 Å². The average Bonchev–Trinajstić information content (AvgIpc) is 0. The largest absolute Gasteiger partial charge is 0.147 e. The van der Waals surface area contributed by atoms with Crippen molar-refractivity contribution in [2.75, 3.05) is 0 Å². The maximum atomic E-state index is 0. The Labute approximate surface area is 62.7 Å². The van der Waals surface area contributed by atoms with E-state index < -0.39 is 0 Å². The van der Waals surface area contributed by atoms with Gasteiger partial charge in [-0.05, 0) is 0 Å². The molecule has 0 aliphatic heterocycles. The molecule has 0 heterocycles. The summed E-state index contributed by atoms with van der Waals surface area (Å²) < 4.78 is 0. The second-order valence-corrected chi connectivity index (χ2v) is 0. The second kappa shape index (κ2) is 51.2. The van der Waals surface area contributed by atoms with Crippen LogP contribution in [-0.2, 0) is 17.1 Å². The summed E-state index contributed by atoms with van der Waals surface area (Å²) in [5, 5.41) is 0. The van der Waals surface area contributed by atoms with E-state index in [9.17, 15) is 0 Å². The van der Waals surface area contributed by atoms with Gasteiger partial charge >= 0.3 is 0 Å². The van der Waals surface area contributed by atoms with Crippen molar-refractivity contribution in [3.8, 4) is 0 Å². The van der Waals surface area contributed by atoms with Gasteiger partial charge in [-0.25, -0.2) is 0 Å². The molecule has 0 spiro atoms. The van der Waals surface area contributed by atoms with Crippen molar-refractivity contribution in [2.45, 2.75) is 0 Å².